The summed E-state index contributed by atoms with van der Waals surface area (Å²) < 4.78 is 5.97. The molecule has 0 spiro atoms. The Morgan fingerprint density at radius 1 is 1.33 bits per heavy atom. The molecule has 1 aromatic carbocycles. The van der Waals surface area contributed by atoms with Gasteiger partial charge in [0.05, 0.1) is 28.9 Å². The van der Waals surface area contributed by atoms with E-state index in [9.17, 15) is 9.59 Å². The maximum absolute atomic E-state index is 13.1. The Morgan fingerprint density at radius 3 is 2.67 bits per heavy atom. The number of fused-ring (bicyclic) bond motifs is 1. The van der Waals surface area contributed by atoms with E-state index in [0.717, 1.165) is 15.2 Å². The molecule has 0 aliphatic carbocycles. The van der Waals surface area contributed by atoms with E-state index in [0.29, 0.717) is 28.9 Å². The second-order valence-corrected chi connectivity index (χ2v) is 7.50. The number of carbonyl (C=O) groups is 2. The second-order valence-electron chi connectivity index (χ2n) is 6.44. The predicted octanol–water partition coefficient (Wildman–Crippen LogP) is 4.12. The first kappa shape index (κ1) is 19.1. The van der Waals surface area contributed by atoms with Crippen molar-refractivity contribution in [3.8, 4) is 0 Å². The Labute approximate surface area is 162 Å². The monoisotopic (exact) mass is 385 g/mol. The van der Waals surface area contributed by atoms with Gasteiger partial charge in [-0.25, -0.2) is 9.78 Å². The van der Waals surface area contributed by atoms with Gasteiger partial charge in [-0.2, -0.15) is 0 Å². The minimum absolute atomic E-state index is 0.177. The van der Waals surface area contributed by atoms with E-state index in [-0.39, 0.29) is 11.9 Å². The van der Waals surface area contributed by atoms with Gasteiger partial charge < -0.3 is 14.6 Å². The standard InChI is InChI=1S/C20H23N3O3S/c1-6-13-16(20(25)26-5)11(2)17(21-13)19(24)23(4)12(3)18-22-14-9-7-8-10-15(14)27-18/h7-10,12,21H,6H2,1-5H3. The molecule has 1 atom stereocenters. The first-order chi connectivity index (χ1) is 12.9. The van der Waals surface area contributed by atoms with Crippen molar-refractivity contribution >= 4 is 33.4 Å². The Kier molecular flexibility index (Phi) is 5.32. The molecule has 27 heavy (non-hydrogen) atoms. The van der Waals surface area contributed by atoms with Crippen molar-refractivity contribution in [3.05, 3.63) is 51.8 Å². The summed E-state index contributed by atoms with van der Waals surface area (Å²) in [5, 5.41) is 0.875. The van der Waals surface area contributed by atoms with Crippen LogP contribution in [0, 0.1) is 6.92 Å². The molecule has 3 aromatic rings. The van der Waals surface area contributed by atoms with Crippen LogP contribution in [0.1, 0.15) is 57.0 Å². The van der Waals surface area contributed by atoms with Gasteiger partial charge in [-0.3, -0.25) is 4.79 Å². The lowest BCUT2D eigenvalue weighted by Gasteiger charge is -2.23. The number of nitrogens with one attached hydrogen (secondary N) is 1. The van der Waals surface area contributed by atoms with Crippen LogP contribution in [0.3, 0.4) is 0 Å². The van der Waals surface area contributed by atoms with Gasteiger partial charge in [-0.05, 0) is 38.0 Å². The number of ether oxygens (including phenoxy) is 1. The Hall–Kier alpha value is -2.67. The van der Waals surface area contributed by atoms with Crippen molar-refractivity contribution in [2.45, 2.75) is 33.2 Å². The Bertz CT molecular complexity index is 972. The fraction of sp³-hybridized carbons (Fsp3) is 0.350. The third-order valence-electron chi connectivity index (χ3n) is 4.85. The third-order valence-corrected chi connectivity index (χ3v) is 6.06. The number of benzene rings is 1. The van der Waals surface area contributed by atoms with E-state index in [1.54, 1.807) is 30.2 Å². The summed E-state index contributed by atoms with van der Waals surface area (Å²) in [6, 6.07) is 7.73. The summed E-state index contributed by atoms with van der Waals surface area (Å²) in [4.78, 5) is 34.6. The number of rotatable bonds is 5. The molecule has 0 saturated heterocycles. The number of aryl methyl sites for hydroxylation is 1. The fourth-order valence-electron chi connectivity index (χ4n) is 3.10. The molecule has 0 bridgehead atoms. The molecular formula is C20H23N3O3S. The molecule has 0 fully saturated rings. The summed E-state index contributed by atoms with van der Waals surface area (Å²) in [6.45, 7) is 5.65. The number of hydrogen-bond donors (Lipinski definition) is 1. The van der Waals surface area contributed by atoms with E-state index in [2.05, 4.69) is 9.97 Å². The van der Waals surface area contributed by atoms with Crippen LogP contribution in [0.25, 0.3) is 10.2 Å². The number of methoxy groups -OCH3 is 1. The summed E-state index contributed by atoms with van der Waals surface area (Å²) in [5.74, 6) is -0.606. The first-order valence-corrected chi connectivity index (χ1v) is 9.63. The number of para-hydroxylation sites is 1. The number of thiazole rings is 1. The van der Waals surface area contributed by atoms with Crippen LogP contribution in [-0.4, -0.2) is 40.9 Å². The summed E-state index contributed by atoms with van der Waals surface area (Å²) >= 11 is 1.58. The molecule has 1 unspecified atom stereocenters. The van der Waals surface area contributed by atoms with Gasteiger partial charge in [0, 0.05) is 12.7 Å². The summed E-state index contributed by atoms with van der Waals surface area (Å²) in [5.41, 5.74) is 3.13. The van der Waals surface area contributed by atoms with E-state index in [4.69, 9.17) is 4.74 Å². The number of amides is 1. The first-order valence-electron chi connectivity index (χ1n) is 8.81. The van der Waals surface area contributed by atoms with Crippen molar-refractivity contribution in [3.63, 3.8) is 0 Å². The number of aromatic nitrogens is 2. The molecule has 2 heterocycles. The summed E-state index contributed by atoms with van der Waals surface area (Å²) in [7, 11) is 3.10. The van der Waals surface area contributed by atoms with Gasteiger partial charge in [0.15, 0.2) is 0 Å². The van der Waals surface area contributed by atoms with Crippen LogP contribution >= 0.6 is 11.3 Å². The molecule has 1 amide bonds. The minimum atomic E-state index is -0.429. The van der Waals surface area contributed by atoms with Crippen LogP contribution in [0.4, 0.5) is 0 Å². The lowest BCUT2D eigenvalue weighted by molar-refractivity contribution is 0.0599. The Morgan fingerprint density at radius 2 is 2.04 bits per heavy atom. The number of nitrogens with zero attached hydrogens (tertiary/aromatic N) is 2. The molecule has 2 aromatic heterocycles. The van der Waals surface area contributed by atoms with Crippen molar-refractivity contribution < 1.29 is 14.3 Å². The smallest absolute Gasteiger partial charge is 0.339 e. The Balaban J connectivity index is 1.93. The number of H-pyrrole nitrogens is 1. The number of hydrogen-bond acceptors (Lipinski definition) is 5. The zero-order valence-electron chi connectivity index (χ0n) is 16.1. The highest BCUT2D eigenvalue weighted by atomic mass is 32.1. The van der Waals surface area contributed by atoms with E-state index < -0.39 is 5.97 Å². The van der Waals surface area contributed by atoms with Crippen LogP contribution < -0.4 is 0 Å². The molecule has 0 aliphatic heterocycles. The van der Waals surface area contributed by atoms with E-state index in [1.165, 1.54) is 7.11 Å². The lowest BCUT2D eigenvalue weighted by atomic mass is 10.1. The number of aromatic amines is 1. The highest BCUT2D eigenvalue weighted by Gasteiger charge is 2.28. The molecular weight excluding hydrogens is 362 g/mol. The van der Waals surface area contributed by atoms with Crippen LogP contribution in [-0.2, 0) is 11.2 Å². The maximum atomic E-state index is 13.1. The topological polar surface area (TPSA) is 75.3 Å². The molecule has 1 N–H and O–H groups in total. The van der Waals surface area contributed by atoms with E-state index in [1.807, 2.05) is 38.1 Å². The summed E-state index contributed by atoms with van der Waals surface area (Å²) in [6.07, 6.45) is 0.607. The predicted molar refractivity (Wildman–Crippen MR) is 106 cm³/mol. The maximum Gasteiger partial charge on any atom is 0.339 e. The molecule has 142 valence electrons. The molecule has 0 aliphatic rings. The largest absolute Gasteiger partial charge is 0.465 e. The van der Waals surface area contributed by atoms with Crippen LogP contribution in [0.5, 0.6) is 0 Å². The van der Waals surface area contributed by atoms with Crippen LogP contribution in [0.2, 0.25) is 0 Å². The van der Waals surface area contributed by atoms with Crippen molar-refractivity contribution in [1.82, 2.24) is 14.9 Å². The van der Waals surface area contributed by atoms with Gasteiger partial charge in [-0.1, -0.05) is 19.1 Å². The SMILES string of the molecule is CCc1[nH]c(C(=O)N(C)C(C)c2nc3ccccc3s2)c(C)c1C(=O)OC. The number of carbonyl (C=O) groups excluding carboxylic acids is 2. The third kappa shape index (κ3) is 3.35. The van der Waals surface area contributed by atoms with Crippen molar-refractivity contribution in [1.29, 1.82) is 0 Å². The molecule has 0 radical (unpaired) electrons. The van der Waals surface area contributed by atoms with E-state index >= 15 is 0 Å². The highest BCUT2D eigenvalue weighted by Crippen LogP contribution is 2.30. The van der Waals surface area contributed by atoms with Gasteiger partial charge in [-0.15, -0.1) is 11.3 Å². The van der Waals surface area contributed by atoms with Gasteiger partial charge in [0.25, 0.3) is 5.91 Å². The second kappa shape index (κ2) is 7.52. The average molecular weight is 385 g/mol. The normalized spacial score (nSPS) is 12.2. The fourth-order valence-corrected chi connectivity index (χ4v) is 4.17. The number of esters is 1. The quantitative estimate of drug-likeness (QED) is 0.671. The highest BCUT2D eigenvalue weighted by molar-refractivity contribution is 7.18. The zero-order chi connectivity index (χ0) is 19.7. The molecule has 3 rings (SSSR count). The minimum Gasteiger partial charge on any atom is -0.465 e. The van der Waals surface area contributed by atoms with Crippen molar-refractivity contribution in [2.24, 2.45) is 0 Å². The average Bonchev–Trinajstić information content (AvgIpc) is 3.26. The molecule has 7 heteroatoms. The zero-order valence-corrected chi connectivity index (χ0v) is 16.9. The molecule has 6 nitrogen and oxygen atoms in total. The van der Waals surface area contributed by atoms with Gasteiger partial charge >= 0.3 is 5.97 Å². The van der Waals surface area contributed by atoms with Crippen LogP contribution in [0.15, 0.2) is 24.3 Å². The molecule has 0 saturated carbocycles. The lowest BCUT2D eigenvalue weighted by Crippen LogP contribution is -2.30. The van der Waals surface area contributed by atoms with Crippen molar-refractivity contribution in [2.75, 3.05) is 14.2 Å². The van der Waals surface area contributed by atoms with Gasteiger partial charge in [0.2, 0.25) is 0 Å². The van der Waals surface area contributed by atoms with Gasteiger partial charge in [0.1, 0.15) is 10.7 Å².